The molecule has 0 aliphatic carbocycles. The van der Waals surface area contributed by atoms with E-state index in [1.165, 1.54) is 4.52 Å². The van der Waals surface area contributed by atoms with E-state index >= 15 is 0 Å². The van der Waals surface area contributed by atoms with Crippen LogP contribution >= 0.6 is 0 Å². The first-order valence-electron chi connectivity index (χ1n) is 13.4. The number of anilines is 2. The molecule has 1 saturated heterocycles. The van der Waals surface area contributed by atoms with Gasteiger partial charge in [-0.05, 0) is 43.9 Å². The van der Waals surface area contributed by atoms with Crippen molar-refractivity contribution in [2.45, 2.75) is 40.2 Å². The molecule has 1 amide bonds. The number of aromatic nitrogens is 5. The Kier molecular flexibility index (Phi) is 7.73. The lowest BCUT2D eigenvalue weighted by atomic mass is 10.1. The molecule has 0 bridgehead atoms. The minimum Gasteiger partial charge on any atom is -0.383 e. The molecule has 12 heteroatoms. The molecule has 0 saturated carbocycles. The fraction of sp³-hybridized carbons (Fsp3) is 0.481. The highest BCUT2D eigenvalue weighted by molar-refractivity contribution is 5.98. The van der Waals surface area contributed by atoms with Crippen LogP contribution in [0.25, 0.3) is 11.4 Å². The summed E-state index contributed by atoms with van der Waals surface area (Å²) in [6, 6.07) is 1.88. The molecule has 5 rings (SSSR count). The fourth-order valence-electron chi connectivity index (χ4n) is 5.30. The van der Waals surface area contributed by atoms with Gasteiger partial charge in [0.25, 0.3) is 11.5 Å². The Bertz CT molecular complexity index is 1480. The average Bonchev–Trinajstić information content (AvgIpc) is 3.42. The molecule has 3 aromatic heterocycles. The lowest BCUT2D eigenvalue weighted by Crippen LogP contribution is -2.51. The number of piperazine rings is 1. The highest BCUT2D eigenvalue weighted by Crippen LogP contribution is 2.25. The zero-order valence-corrected chi connectivity index (χ0v) is 22.6. The van der Waals surface area contributed by atoms with Crippen LogP contribution in [0.3, 0.4) is 0 Å². The van der Waals surface area contributed by atoms with Crippen molar-refractivity contribution in [1.82, 2.24) is 29.0 Å². The molecule has 0 aromatic carbocycles. The smallest absolute Gasteiger partial charge is 0.299 e. The third-order valence-corrected chi connectivity index (χ3v) is 7.27. The number of amides is 1. The second-order valence-electron chi connectivity index (χ2n) is 9.59. The molecule has 39 heavy (non-hydrogen) atoms. The highest BCUT2D eigenvalue weighted by Gasteiger charge is 2.30. The van der Waals surface area contributed by atoms with Gasteiger partial charge in [-0.25, -0.2) is 4.98 Å². The van der Waals surface area contributed by atoms with Crippen molar-refractivity contribution in [2.75, 3.05) is 56.2 Å². The van der Waals surface area contributed by atoms with Crippen molar-refractivity contribution >= 4 is 34.9 Å². The summed E-state index contributed by atoms with van der Waals surface area (Å²) < 4.78 is 8.48. The van der Waals surface area contributed by atoms with Crippen molar-refractivity contribution in [1.29, 1.82) is 0 Å². The Labute approximate surface area is 226 Å². The summed E-state index contributed by atoms with van der Waals surface area (Å²) in [6.07, 6.45) is 5.58. The molecule has 2 aliphatic rings. The molecule has 3 aromatic rings. The predicted molar refractivity (Wildman–Crippen MR) is 147 cm³/mol. The topological polar surface area (TPSA) is 127 Å². The molecule has 5 heterocycles. The molecule has 0 radical (unpaired) electrons. The zero-order valence-electron chi connectivity index (χ0n) is 22.6. The second kappa shape index (κ2) is 11.4. The Morgan fingerprint density at radius 3 is 2.67 bits per heavy atom. The van der Waals surface area contributed by atoms with E-state index in [1.54, 1.807) is 15.7 Å². The van der Waals surface area contributed by atoms with Crippen molar-refractivity contribution in [3.63, 3.8) is 0 Å². The van der Waals surface area contributed by atoms with Crippen LogP contribution in [0.15, 0.2) is 23.1 Å². The number of aryl methyl sites for hydroxylation is 1. The first kappa shape index (κ1) is 26.5. The van der Waals surface area contributed by atoms with Crippen LogP contribution in [0.5, 0.6) is 0 Å². The maximum Gasteiger partial charge on any atom is 0.299 e. The van der Waals surface area contributed by atoms with E-state index in [1.807, 2.05) is 37.8 Å². The van der Waals surface area contributed by atoms with Crippen LogP contribution in [0.2, 0.25) is 0 Å². The predicted octanol–water partition coefficient (Wildman–Crippen LogP) is 1.55. The van der Waals surface area contributed by atoms with Crippen LogP contribution < -0.4 is 15.8 Å². The van der Waals surface area contributed by atoms with Gasteiger partial charge in [0.1, 0.15) is 12.0 Å². The number of fused-ring (bicyclic) bond motifs is 1. The van der Waals surface area contributed by atoms with Gasteiger partial charge in [-0.15, -0.1) is 5.10 Å². The van der Waals surface area contributed by atoms with Crippen molar-refractivity contribution in [2.24, 2.45) is 0 Å². The first-order valence-corrected chi connectivity index (χ1v) is 13.4. The van der Waals surface area contributed by atoms with Gasteiger partial charge < -0.3 is 29.2 Å². The number of aldehydes is 1. The number of rotatable bonds is 8. The van der Waals surface area contributed by atoms with Crippen molar-refractivity contribution < 1.29 is 14.3 Å². The maximum absolute atomic E-state index is 13.8. The van der Waals surface area contributed by atoms with E-state index in [-0.39, 0.29) is 18.0 Å². The van der Waals surface area contributed by atoms with E-state index in [9.17, 15) is 14.4 Å². The van der Waals surface area contributed by atoms with E-state index in [0.29, 0.717) is 81.8 Å². The summed E-state index contributed by atoms with van der Waals surface area (Å²) in [7, 11) is 0. The Balaban J connectivity index is 1.47. The van der Waals surface area contributed by atoms with Crippen LogP contribution in [0.1, 0.15) is 47.8 Å². The monoisotopic (exact) mass is 534 g/mol. The van der Waals surface area contributed by atoms with Gasteiger partial charge in [-0.3, -0.25) is 9.59 Å². The van der Waals surface area contributed by atoms with Gasteiger partial charge in [-0.1, -0.05) is 13.0 Å². The molecular formula is C27H34N8O4. The highest BCUT2D eigenvalue weighted by atomic mass is 16.5. The minimum absolute atomic E-state index is 0.0604. The van der Waals surface area contributed by atoms with Crippen LogP contribution in [0, 0.1) is 6.92 Å². The van der Waals surface area contributed by atoms with Crippen molar-refractivity contribution in [3.8, 4) is 0 Å². The lowest BCUT2D eigenvalue weighted by Gasteiger charge is -2.36. The number of nitrogens with zero attached hydrogens (tertiary/aromatic N) is 7. The zero-order chi connectivity index (χ0) is 27.5. The Morgan fingerprint density at radius 2 is 2.00 bits per heavy atom. The van der Waals surface area contributed by atoms with E-state index in [0.717, 1.165) is 28.8 Å². The van der Waals surface area contributed by atoms with Gasteiger partial charge in [0.05, 0.1) is 31.1 Å². The number of ether oxygens (including phenoxy) is 1. The number of carbonyl (C=O) groups is 2. The number of carbonyl (C=O) groups excluding carboxylic acids is 2. The van der Waals surface area contributed by atoms with Crippen LogP contribution in [-0.2, 0) is 22.5 Å². The van der Waals surface area contributed by atoms with Gasteiger partial charge >= 0.3 is 0 Å². The van der Waals surface area contributed by atoms with E-state index in [2.05, 4.69) is 20.4 Å². The average molecular weight is 535 g/mol. The molecule has 0 unspecified atom stereocenters. The van der Waals surface area contributed by atoms with Crippen molar-refractivity contribution in [3.05, 3.63) is 51.5 Å². The van der Waals surface area contributed by atoms with Gasteiger partial charge in [0.2, 0.25) is 5.78 Å². The molecule has 12 nitrogen and oxygen atoms in total. The standard InChI is InChI=1S/C27H34N8O4/c1-4-20-23(26(38)35-27(34(20)14-15-36)30-24(31-35)19-7-16-39-17-8-19)32-10-12-33(13-11-32)25(37)22-21(28-5-2)18(3)6-9-29-22/h6-7,9,15,28H,4-5,8,10-14,16-17H2,1-3H3. The SMILES string of the molecule is CCNc1c(C)ccnc1C(=O)N1CCN(c2c(CC)n(CC=O)c3nc(C4=CCOCC4)nn3c2=O)CC1. The number of hydrogen-bond acceptors (Lipinski definition) is 9. The van der Waals surface area contributed by atoms with Gasteiger partial charge in [-0.2, -0.15) is 9.50 Å². The first-order chi connectivity index (χ1) is 19.0. The quantitative estimate of drug-likeness (QED) is 0.428. The summed E-state index contributed by atoms with van der Waals surface area (Å²) in [6.45, 7) is 9.49. The molecule has 1 N–H and O–H groups in total. The molecule has 1 fully saturated rings. The lowest BCUT2D eigenvalue weighted by molar-refractivity contribution is -0.108. The van der Waals surface area contributed by atoms with E-state index < -0.39 is 0 Å². The molecule has 0 spiro atoms. The van der Waals surface area contributed by atoms with Gasteiger partial charge in [0.15, 0.2) is 11.5 Å². The molecule has 206 valence electrons. The summed E-state index contributed by atoms with van der Waals surface area (Å²) in [5, 5.41) is 7.82. The van der Waals surface area contributed by atoms with Crippen LogP contribution in [-0.4, -0.2) is 87.2 Å². The molecule has 0 atom stereocenters. The summed E-state index contributed by atoms with van der Waals surface area (Å²) in [4.78, 5) is 51.7. The summed E-state index contributed by atoms with van der Waals surface area (Å²) >= 11 is 0. The van der Waals surface area contributed by atoms with Crippen LogP contribution in [0.4, 0.5) is 11.4 Å². The third kappa shape index (κ3) is 4.91. The molecule has 2 aliphatic heterocycles. The van der Waals surface area contributed by atoms with E-state index in [4.69, 9.17) is 4.74 Å². The largest absolute Gasteiger partial charge is 0.383 e. The second-order valence-corrected chi connectivity index (χ2v) is 9.59. The normalized spacial score (nSPS) is 15.9. The minimum atomic E-state index is -0.273. The Hall–Kier alpha value is -4.06. The summed E-state index contributed by atoms with van der Waals surface area (Å²) in [5.41, 5.74) is 4.01. The number of hydrogen-bond donors (Lipinski definition) is 1. The fourth-order valence-corrected chi connectivity index (χ4v) is 5.30. The maximum atomic E-state index is 13.8. The third-order valence-electron chi connectivity index (χ3n) is 7.27. The molecular weight excluding hydrogens is 500 g/mol. The number of nitrogens with one attached hydrogen (secondary N) is 1. The number of pyridine rings is 1. The van der Waals surface area contributed by atoms with Gasteiger partial charge in [0, 0.05) is 38.9 Å². The Morgan fingerprint density at radius 1 is 1.21 bits per heavy atom. The summed E-state index contributed by atoms with van der Waals surface area (Å²) in [5.74, 6) is 0.696.